The van der Waals surface area contributed by atoms with E-state index in [1.807, 2.05) is 36.4 Å². The van der Waals surface area contributed by atoms with Gasteiger partial charge in [-0.2, -0.15) is 0 Å². The molecular formula is C17H19N3O. The van der Waals surface area contributed by atoms with Crippen molar-refractivity contribution in [2.24, 2.45) is 0 Å². The van der Waals surface area contributed by atoms with E-state index in [0.717, 1.165) is 40.2 Å². The normalized spacial score (nSPS) is 11.1. The molecule has 0 saturated heterocycles. The highest BCUT2D eigenvalue weighted by Crippen LogP contribution is 2.28. The van der Waals surface area contributed by atoms with Crippen LogP contribution < -0.4 is 5.73 Å². The lowest BCUT2D eigenvalue weighted by molar-refractivity contribution is 0.188. The number of imidazole rings is 1. The third-order valence-electron chi connectivity index (χ3n) is 3.66. The molecule has 1 aromatic heterocycles. The lowest BCUT2D eigenvalue weighted by Crippen LogP contribution is -2.06. The Bertz CT molecular complexity index is 777. The number of aromatic nitrogens is 2. The number of nitrogen functional groups attached to an aromatic ring is 1. The lowest BCUT2D eigenvalue weighted by atomic mass is 10.1. The molecule has 0 atom stereocenters. The molecule has 0 fully saturated rings. The second kappa shape index (κ2) is 5.58. The highest BCUT2D eigenvalue weighted by Gasteiger charge is 2.13. The fourth-order valence-electron chi connectivity index (χ4n) is 2.63. The minimum absolute atomic E-state index is 0.654. The fourth-order valence-corrected chi connectivity index (χ4v) is 2.63. The van der Waals surface area contributed by atoms with Crippen molar-refractivity contribution in [3.63, 3.8) is 0 Å². The van der Waals surface area contributed by atoms with Gasteiger partial charge in [-0.15, -0.1) is 0 Å². The van der Waals surface area contributed by atoms with Gasteiger partial charge in [0.05, 0.1) is 17.6 Å². The number of fused-ring (bicyclic) bond motifs is 1. The summed E-state index contributed by atoms with van der Waals surface area (Å²) in [6.45, 7) is 3.49. The molecule has 4 nitrogen and oxygen atoms in total. The number of aryl methyl sites for hydroxylation is 1. The Morgan fingerprint density at radius 1 is 1.19 bits per heavy atom. The van der Waals surface area contributed by atoms with Crippen molar-refractivity contribution < 1.29 is 4.74 Å². The number of hydrogen-bond acceptors (Lipinski definition) is 3. The molecule has 2 N–H and O–H groups in total. The first kappa shape index (κ1) is 13.6. The van der Waals surface area contributed by atoms with Crippen LogP contribution in [-0.2, 0) is 11.3 Å². The van der Waals surface area contributed by atoms with Gasteiger partial charge in [0.25, 0.3) is 0 Å². The van der Waals surface area contributed by atoms with Gasteiger partial charge in [0.15, 0.2) is 0 Å². The average Bonchev–Trinajstić information content (AvgIpc) is 2.83. The molecule has 0 bridgehead atoms. The molecule has 0 aliphatic rings. The van der Waals surface area contributed by atoms with Gasteiger partial charge in [0.1, 0.15) is 5.82 Å². The molecule has 4 heteroatoms. The largest absolute Gasteiger partial charge is 0.399 e. The molecule has 0 radical (unpaired) electrons. The van der Waals surface area contributed by atoms with Gasteiger partial charge in [0, 0.05) is 24.9 Å². The van der Waals surface area contributed by atoms with Gasteiger partial charge >= 0.3 is 0 Å². The van der Waals surface area contributed by atoms with E-state index in [-0.39, 0.29) is 0 Å². The maximum Gasteiger partial charge on any atom is 0.141 e. The average molecular weight is 281 g/mol. The van der Waals surface area contributed by atoms with E-state index >= 15 is 0 Å². The molecule has 0 amide bonds. The van der Waals surface area contributed by atoms with Crippen LogP contribution in [0.4, 0.5) is 5.69 Å². The Morgan fingerprint density at radius 3 is 2.76 bits per heavy atom. The Hall–Kier alpha value is -2.33. The van der Waals surface area contributed by atoms with Crippen molar-refractivity contribution in [3.8, 4) is 11.4 Å². The Morgan fingerprint density at radius 2 is 2.00 bits per heavy atom. The van der Waals surface area contributed by atoms with Crippen LogP contribution in [0.15, 0.2) is 42.5 Å². The number of hydrogen-bond donors (Lipinski definition) is 1. The Kier molecular flexibility index (Phi) is 3.62. The van der Waals surface area contributed by atoms with E-state index in [1.54, 1.807) is 7.11 Å². The molecular weight excluding hydrogens is 262 g/mol. The second-order valence-corrected chi connectivity index (χ2v) is 5.14. The van der Waals surface area contributed by atoms with E-state index in [0.29, 0.717) is 6.61 Å². The molecule has 2 aromatic carbocycles. The van der Waals surface area contributed by atoms with E-state index in [4.69, 9.17) is 15.5 Å². The van der Waals surface area contributed by atoms with Crippen molar-refractivity contribution in [2.75, 3.05) is 19.5 Å². The topological polar surface area (TPSA) is 53.1 Å². The summed E-state index contributed by atoms with van der Waals surface area (Å²) in [4.78, 5) is 4.79. The molecule has 3 aromatic rings. The summed E-state index contributed by atoms with van der Waals surface area (Å²) in [5.41, 5.74) is 11.0. The van der Waals surface area contributed by atoms with Crippen LogP contribution >= 0.6 is 0 Å². The predicted octanol–water partition coefficient (Wildman–Crippen LogP) is 3.24. The van der Waals surface area contributed by atoms with Gasteiger partial charge in [0.2, 0.25) is 0 Å². The summed E-state index contributed by atoms with van der Waals surface area (Å²) in [5.74, 6) is 0.964. The number of nitrogens with two attached hydrogens (primary N) is 1. The number of para-hydroxylation sites is 2. The fraction of sp³-hybridized carbons (Fsp3) is 0.235. The summed E-state index contributed by atoms with van der Waals surface area (Å²) in [6.07, 6.45) is 0. The first-order valence-electron chi connectivity index (χ1n) is 7.01. The first-order valence-corrected chi connectivity index (χ1v) is 7.01. The second-order valence-electron chi connectivity index (χ2n) is 5.14. The van der Waals surface area contributed by atoms with Gasteiger partial charge in [-0.25, -0.2) is 4.98 Å². The maximum atomic E-state index is 5.85. The zero-order chi connectivity index (χ0) is 14.8. The summed E-state index contributed by atoms with van der Waals surface area (Å²) >= 11 is 0. The van der Waals surface area contributed by atoms with Crippen molar-refractivity contribution >= 4 is 16.7 Å². The van der Waals surface area contributed by atoms with Crippen molar-refractivity contribution in [1.29, 1.82) is 0 Å². The first-order chi connectivity index (χ1) is 10.2. The van der Waals surface area contributed by atoms with Gasteiger partial charge in [-0.1, -0.05) is 12.1 Å². The zero-order valence-corrected chi connectivity index (χ0v) is 12.3. The Labute approximate surface area is 124 Å². The smallest absolute Gasteiger partial charge is 0.141 e. The van der Waals surface area contributed by atoms with E-state index < -0.39 is 0 Å². The third kappa shape index (κ3) is 2.50. The summed E-state index contributed by atoms with van der Waals surface area (Å²) < 4.78 is 7.44. The quantitative estimate of drug-likeness (QED) is 0.747. The van der Waals surface area contributed by atoms with Crippen LogP contribution in [0.1, 0.15) is 5.56 Å². The van der Waals surface area contributed by atoms with Gasteiger partial charge in [-0.3, -0.25) is 0 Å². The molecule has 0 saturated carbocycles. The SMILES string of the molecule is COCCn1c(-c2ccc(N)cc2C)nc2ccccc21. The van der Waals surface area contributed by atoms with Crippen LogP contribution in [0.25, 0.3) is 22.4 Å². The van der Waals surface area contributed by atoms with Crippen LogP contribution in [0, 0.1) is 6.92 Å². The maximum absolute atomic E-state index is 5.85. The zero-order valence-electron chi connectivity index (χ0n) is 12.3. The number of rotatable bonds is 4. The predicted molar refractivity (Wildman–Crippen MR) is 86.2 cm³/mol. The van der Waals surface area contributed by atoms with E-state index in [2.05, 4.69) is 17.6 Å². The highest BCUT2D eigenvalue weighted by atomic mass is 16.5. The summed E-state index contributed by atoms with van der Waals surface area (Å²) in [5, 5.41) is 0. The molecule has 21 heavy (non-hydrogen) atoms. The van der Waals surface area contributed by atoms with Gasteiger partial charge < -0.3 is 15.0 Å². The molecule has 108 valence electrons. The van der Waals surface area contributed by atoms with Crippen molar-refractivity contribution in [2.45, 2.75) is 13.5 Å². The number of benzene rings is 2. The van der Waals surface area contributed by atoms with Crippen LogP contribution in [0.5, 0.6) is 0 Å². The number of methoxy groups -OCH3 is 1. The molecule has 0 unspecified atom stereocenters. The molecule has 1 heterocycles. The number of nitrogens with zero attached hydrogens (tertiary/aromatic N) is 2. The minimum atomic E-state index is 0.654. The van der Waals surface area contributed by atoms with Crippen LogP contribution in [-0.4, -0.2) is 23.3 Å². The van der Waals surface area contributed by atoms with E-state index in [1.165, 1.54) is 0 Å². The van der Waals surface area contributed by atoms with Crippen molar-refractivity contribution in [3.05, 3.63) is 48.0 Å². The molecule has 0 spiro atoms. The molecule has 0 aliphatic carbocycles. The third-order valence-corrected chi connectivity index (χ3v) is 3.66. The van der Waals surface area contributed by atoms with Gasteiger partial charge in [-0.05, 0) is 42.8 Å². The summed E-state index contributed by atoms with van der Waals surface area (Å²) in [6, 6.07) is 14.1. The summed E-state index contributed by atoms with van der Waals surface area (Å²) in [7, 11) is 1.72. The monoisotopic (exact) mass is 281 g/mol. The van der Waals surface area contributed by atoms with Crippen molar-refractivity contribution in [1.82, 2.24) is 9.55 Å². The molecule has 3 rings (SSSR count). The number of anilines is 1. The van der Waals surface area contributed by atoms with Crippen LogP contribution in [0.3, 0.4) is 0 Å². The number of ether oxygens (including phenoxy) is 1. The molecule has 0 aliphatic heterocycles. The lowest BCUT2D eigenvalue weighted by Gasteiger charge is -2.11. The van der Waals surface area contributed by atoms with Crippen LogP contribution in [0.2, 0.25) is 0 Å². The highest BCUT2D eigenvalue weighted by molar-refractivity contribution is 5.81. The Balaban J connectivity index is 2.20. The van der Waals surface area contributed by atoms with E-state index in [9.17, 15) is 0 Å². The standard InChI is InChI=1S/C17H19N3O/c1-12-11-13(18)7-8-14(12)17-19-15-5-3-4-6-16(15)20(17)9-10-21-2/h3-8,11H,9-10,18H2,1-2H3. The minimum Gasteiger partial charge on any atom is -0.399 e.